The molecule has 0 bridgehead atoms. The van der Waals surface area contributed by atoms with Gasteiger partial charge in [0.15, 0.2) is 0 Å². The number of hydrogen-bond acceptors (Lipinski definition) is 1. The number of ether oxygens (including phenoxy) is 1. The van der Waals surface area contributed by atoms with Crippen LogP contribution in [0.5, 0.6) is 0 Å². The van der Waals surface area contributed by atoms with Crippen molar-refractivity contribution in [3.8, 4) is 0 Å². The second-order valence-corrected chi connectivity index (χ2v) is 3.32. The first-order valence-electron chi connectivity index (χ1n) is 4.37. The van der Waals surface area contributed by atoms with E-state index >= 15 is 0 Å². The summed E-state index contributed by atoms with van der Waals surface area (Å²) in [4.78, 5) is 0. The van der Waals surface area contributed by atoms with E-state index in [0.717, 1.165) is 13.0 Å². The highest BCUT2D eigenvalue weighted by molar-refractivity contribution is 5.60. The molecule has 1 heterocycles. The first-order valence-corrected chi connectivity index (χ1v) is 4.37. The molecule has 0 aromatic heterocycles. The topological polar surface area (TPSA) is 9.23 Å². The van der Waals surface area contributed by atoms with E-state index in [2.05, 4.69) is 30.4 Å². The molecule has 1 unspecified atom stereocenters. The normalized spacial score (nSPS) is 30.7. The first-order chi connectivity index (χ1) is 5.95. The van der Waals surface area contributed by atoms with E-state index in [1.165, 1.54) is 16.7 Å². The molecular formula is C11H10O. The molecule has 1 nitrogen and oxygen atoms in total. The van der Waals surface area contributed by atoms with Gasteiger partial charge in [-0.2, -0.15) is 0 Å². The van der Waals surface area contributed by atoms with Gasteiger partial charge in [0.2, 0.25) is 0 Å². The summed E-state index contributed by atoms with van der Waals surface area (Å²) in [5, 5.41) is 0. The number of rotatable bonds is 0. The molecule has 1 atom stereocenters. The van der Waals surface area contributed by atoms with Gasteiger partial charge in [-0.05, 0) is 23.1 Å². The fraction of sp³-hybridized carbons (Fsp3) is 0.273. The van der Waals surface area contributed by atoms with Gasteiger partial charge in [-0.1, -0.05) is 30.4 Å². The highest BCUT2D eigenvalue weighted by atomic mass is 16.5. The van der Waals surface area contributed by atoms with Crippen molar-refractivity contribution in [2.75, 3.05) is 6.61 Å². The van der Waals surface area contributed by atoms with Gasteiger partial charge < -0.3 is 4.74 Å². The van der Waals surface area contributed by atoms with Crippen LogP contribution in [0.15, 0.2) is 47.1 Å². The summed E-state index contributed by atoms with van der Waals surface area (Å²) in [6, 6.07) is 0. The summed E-state index contributed by atoms with van der Waals surface area (Å²) in [6.45, 7) is 0.884. The Morgan fingerprint density at radius 3 is 3.33 bits per heavy atom. The minimum atomic E-state index is 0.278. The molecule has 2 aliphatic carbocycles. The summed E-state index contributed by atoms with van der Waals surface area (Å²) in [6.07, 6.45) is 12.2. The van der Waals surface area contributed by atoms with Gasteiger partial charge in [-0.3, -0.25) is 0 Å². The van der Waals surface area contributed by atoms with Crippen LogP contribution in [0.4, 0.5) is 0 Å². The molecule has 1 fully saturated rings. The molecule has 60 valence electrons. The van der Waals surface area contributed by atoms with Crippen molar-refractivity contribution in [3.05, 3.63) is 47.1 Å². The first kappa shape index (κ1) is 6.44. The standard InChI is InChI=1S/C11H10O/c1-2-8-4-5-11-10(6-7-12-11)9(8)3-1/h1-5,11H,6-7H2. The number of fused-ring (bicyclic) bond motifs is 2. The van der Waals surface area contributed by atoms with Gasteiger partial charge in [0.05, 0.1) is 12.7 Å². The second kappa shape index (κ2) is 2.20. The Morgan fingerprint density at radius 2 is 2.33 bits per heavy atom. The lowest BCUT2D eigenvalue weighted by molar-refractivity contribution is 0.156. The molecule has 0 spiro atoms. The minimum Gasteiger partial charge on any atom is -0.369 e. The van der Waals surface area contributed by atoms with Crippen molar-refractivity contribution in [2.24, 2.45) is 0 Å². The lowest BCUT2D eigenvalue weighted by Crippen LogP contribution is -2.08. The third kappa shape index (κ3) is 0.718. The highest BCUT2D eigenvalue weighted by Gasteiger charge is 2.26. The molecule has 0 saturated carbocycles. The monoisotopic (exact) mass is 158 g/mol. The van der Waals surface area contributed by atoms with Crippen LogP contribution >= 0.6 is 0 Å². The molecule has 3 rings (SSSR count). The van der Waals surface area contributed by atoms with Gasteiger partial charge in [-0.15, -0.1) is 0 Å². The molecule has 0 amide bonds. The highest BCUT2D eigenvalue weighted by Crippen LogP contribution is 2.35. The summed E-state index contributed by atoms with van der Waals surface area (Å²) < 4.78 is 5.56. The Kier molecular flexibility index (Phi) is 1.18. The third-order valence-electron chi connectivity index (χ3n) is 2.66. The third-order valence-corrected chi connectivity index (χ3v) is 2.66. The van der Waals surface area contributed by atoms with E-state index in [-0.39, 0.29) is 6.10 Å². The summed E-state index contributed by atoms with van der Waals surface area (Å²) in [7, 11) is 0. The maximum Gasteiger partial charge on any atom is 0.0979 e. The lowest BCUT2D eigenvalue weighted by atomic mass is 9.92. The average molecular weight is 158 g/mol. The SMILES string of the molecule is C1=CC2=C3CCOC3C=CC2=C1. The molecule has 1 aliphatic heterocycles. The van der Waals surface area contributed by atoms with E-state index in [0.29, 0.717) is 0 Å². The maximum absolute atomic E-state index is 5.56. The summed E-state index contributed by atoms with van der Waals surface area (Å²) in [5.41, 5.74) is 4.23. The minimum absolute atomic E-state index is 0.278. The zero-order chi connectivity index (χ0) is 7.97. The molecule has 0 radical (unpaired) electrons. The molecule has 0 aromatic carbocycles. The fourth-order valence-corrected chi connectivity index (χ4v) is 2.06. The zero-order valence-electron chi connectivity index (χ0n) is 6.79. The van der Waals surface area contributed by atoms with Gasteiger partial charge in [-0.25, -0.2) is 0 Å². The van der Waals surface area contributed by atoms with Crippen LogP contribution in [0, 0.1) is 0 Å². The van der Waals surface area contributed by atoms with Crippen LogP contribution in [-0.4, -0.2) is 12.7 Å². The van der Waals surface area contributed by atoms with Crippen molar-refractivity contribution < 1.29 is 4.74 Å². The quantitative estimate of drug-likeness (QED) is 0.524. The van der Waals surface area contributed by atoms with Crippen molar-refractivity contribution in [1.82, 2.24) is 0 Å². The molecule has 3 aliphatic rings. The van der Waals surface area contributed by atoms with Crippen LogP contribution in [0.3, 0.4) is 0 Å². The van der Waals surface area contributed by atoms with E-state index < -0.39 is 0 Å². The van der Waals surface area contributed by atoms with Gasteiger partial charge >= 0.3 is 0 Å². The predicted molar refractivity (Wildman–Crippen MR) is 47.7 cm³/mol. The van der Waals surface area contributed by atoms with Crippen molar-refractivity contribution >= 4 is 0 Å². The van der Waals surface area contributed by atoms with Gasteiger partial charge in [0.25, 0.3) is 0 Å². The Balaban J connectivity index is 2.17. The van der Waals surface area contributed by atoms with Crippen molar-refractivity contribution in [3.63, 3.8) is 0 Å². The van der Waals surface area contributed by atoms with E-state index in [4.69, 9.17) is 4.74 Å². The van der Waals surface area contributed by atoms with Crippen LogP contribution in [0.25, 0.3) is 0 Å². The van der Waals surface area contributed by atoms with Crippen LogP contribution in [-0.2, 0) is 4.74 Å². The lowest BCUT2D eigenvalue weighted by Gasteiger charge is -2.15. The molecule has 0 N–H and O–H groups in total. The molecular weight excluding hydrogens is 148 g/mol. The van der Waals surface area contributed by atoms with Crippen LogP contribution < -0.4 is 0 Å². The zero-order valence-corrected chi connectivity index (χ0v) is 6.79. The Hall–Kier alpha value is -1.08. The Bertz CT molecular complexity index is 342. The molecule has 0 aromatic rings. The predicted octanol–water partition coefficient (Wildman–Crippen LogP) is 2.14. The summed E-state index contributed by atoms with van der Waals surface area (Å²) in [5.74, 6) is 0. The molecule has 12 heavy (non-hydrogen) atoms. The largest absolute Gasteiger partial charge is 0.369 e. The number of allylic oxidation sites excluding steroid dienone is 6. The van der Waals surface area contributed by atoms with E-state index in [1.807, 2.05) is 0 Å². The smallest absolute Gasteiger partial charge is 0.0979 e. The summed E-state index contributed by atoms with van der Waals surface area (Å²) >= 11 is 0. The molecule has 1 saturated heterocycles. The van der Waals surface area contributed by atoms with Crippen molar-refractivity contribution in [2.45, 2.75) is 12.5 Å². The van der Waals surface area contributed by atoms with E-state index in [1.54, 1.807) is 0 Å². The van der Waals surface area contributed by atoms with Crippen molar-refractivity contribution in [1.29, 1.82) is 0 Å². The molecule has 1 heteroatoms. The second-order valence-electron chi connectivity index (χ2n) is 3.32. The van der Waals surface area contributed by atoms with Crippen LogP contribution in [0.2, 0.25) is 0 Å². The van der Waals surface area contributed by atoms with Gasteiger partial charge in [0, 0.05) is 0 Å². The number of hydrogen-bond donors (Lipinski definition) is 0. The average Bonchev–Trinajstić information content (AvgIpc) is 2.71. The Morgan fingerprint density at radius 1 is 1.33 bits per heavy atom. The van der Waals surface area contributed by atoms with Crippen LogP contribution in [0.1, 0.15) is 6.42 Å². The van der Waals surface area contributed by atoms with Gasteiger partial charge in [0.1, 0.15) is 0 Å². The fourth-order valence-electron chi connectivity index (χ4n) is 2.06. The maximum atomic E-state index is 5.56. The Labute approximate surface area is 71.7 Å². The van der Waals surface area contributed by atoms with E-state index in [9.17, 15) is 0 Å².